The second-order valence-electron chi connectivity index (χ2n) is 3.83. The highest BCUT2D eigenvalue weighted by Gasteiger charge is 2.12. The van der Waals surface area contributed by atoms with Crippen LogP contribution in [0.3, 0.4) is 0 Å². The van der Waals surface area contributed by atoms with Gasteiger partial charge < -0.3 is 20.3 Å². The molecule has 0 unspecified atom stereocenters. The molecule has 0 bridgehead atoms. The highest BCUT2D eigenvalue weighted by Crippen LogP contribution is 2.33. The highest BCUT2D eigenvalue weighted by molar-refractivity contribution is 14.1. The van der Waals surface area contributed by atoms with E-state index in [1.807, 2.05) is 22.6 Å². The summed E-state index contributed by atoms with van der Waals surface area (Å²) in [5, 5.41) is 21.0. The van der Waals surface area contributed by atoms with Crippen LogP contribution < -0.4 is 10.1 Å². The van der Waals surface area contributed by atoms with Gasteiger partial charge in [0, 0.05) is 6.92 Å². The van der Waals surface area contributed by atoms with Crippen molar-refractivity contribution in [1.82, 2.24) is 5.32 Å². The first-order valence-corrected chi connectivity index (χ1v) is 6.81. The summed E-state index contributed by atoms with van der Waals surface area (Å²) in [6, 6.07) is 3.09. The topological polar surface area (TPSA) is 95.9 Å². The number of carboxylic acids is 1. The van der Waals surface area contributed by atoms with E-state index in [1.165, 1.54) is 19.1 Å². The quantitative estimate of drug-likeness (QED) is 0.527. The minimum atomic E-state index is -1.25. The lowest BCUT2D eigenvalue weighted by molar-refractivity contribution is -0.134. The summed E-state index contributed by atoms with van der Waals surface area (Å²) in [4.78, 5) is 22.0. The Bertz CT molecular complexity index is 568. The first-order valence-electron chi connectivity index (χ1n) is 5.73. The molecule has 0 spiro atoms. The van der Waals surface area contributed by atoms with E-state index in [2.05, 4.69) is 5.32 Å². The molecule has 0 saturated heterocycles. The third-order valence-corrected chi connectivity index (χ3v) is 3.03. The number of nitrogens with one attached hydrogen (secondary N) is 1. The van der Waals surface area contributed by atoms with Gasteiger partial charge in [-0.25, -0.2) is 4.79 Å². The third kappa shape index (κ3) is 4.41. The van der Waals surface area contributed by atoms with Crippen LogP contribution in [0.2, 0.25) is 0 Å². The Kier molecular flexibility index (Phi) is 5.81. The molecule has 1 rings (SSSR count). The molecule has 0 fully saturated rings. The Labute approximate surface area is 129 Å². The Morgan fingerprint density at radius 3 is 2.60 bits per heavy atom. The number of hydrogen-bond donors (Lipinski definition) is 3. The minimum Gasteiger partial charge on any atom is -0.504 e. The van der Waals surface area contributed by atoms with Crippen molar-refractivity contribution in [2.75, 3.05) is 6.61 Å². The molecule has 1 amide bonds. The summed E-state index contributed by atoms with van der Waals surface area (Å²) in [6.45, 7) is 3.37. The average Bonchev–Trinajstić information content (AvgIpc) is 2.34. The van der Waals surface area contributed by atoms with Gasteiger partial charge in [-0.15, -0.1) is 0 Å². The molecule has 3 N–H and O–H groups in total. The first kappa shape index (κ1) is 16.3. The van der Waals surface area contributed by atoms with Crippen molar-refractivity contribution in [2.45, 2.75) is 13.8 Å². The fraction of sp³-hybridized carbons (Fsp3) is 0.231. The number of carboxylic acid groups (broad SMARTS) is 1. The van der Waals surface area contributed by atoms with E-state index in [0.717, 1.165) is 0 Å². The van der Waals surface area contributed by atoms with Gasteiger partial charge in [-0.1, -0.05) is 0 Å². The molecular weight excluding hydrogens is 377 g/mol. The van der Waals surface area contributed by atoms with Gasteiger partial charge in [-0.2, -0.15) is 0 Å². The van der Waals surface area contributed by atoms with E-state index in [0.29, 0.717) is 15.7 Å². The predicted molar refractivity (Wildman–Crippen MR) is 81.4 cm³/mol. The number of aliphatic carboxylic acids is 1. The summed E-state index contributed by atoms with van der Waals surface area (Å²) >= 11 is 1.91. The van der Waals surface area contributed by atoms with E-state index in [4.69, 9.17) is 9.84 Å². The van der Waals surface area contributed by atoms with E-state index < -0.39 is 11.9 Å². The third-order valence-electron chi connectivity index (χ3n) is 2.20. The largest absolute Gasteiger partial charge is 0.504 e. The van der Waals surface area contributed by atoms with Crippen LogP contribution in [-0.4, -0.2) is 28.7 Å². The van der Waals surface area contributed by atoms with E-state index in [1.54, 1.807) is 13.0 Å². The summed E-state index contributed by atoms with van der Waals surface area (Å²) in [5.74, 6) is -1.46. The number of carbonyl (C=O) groups is 2. The van der Waals surface area contributed by atoms with Crippen molar-refractivity contribution in [3.05, 3.63) is 27.0 Å². The smallest absolute Gasteiger partial charge is 0.352 e. The summed E-state index contributed by atoms with van der Waals surface area (Å²) in [5.41, 5.74) is 0.253. The Morgan fingerprint density at radius 2 is 2.10 bits per heavy atom. The van der Waals surface area contributed by atoms with Crippen molar-refractivity contribution < 1.29 is 24.5 Å². The number of hydrogen-bond acceptors (Lipinski definition) is 4. The molecule has 0 radical (unpaired) electrons. The second kappa shape index (κ2) is 7.13. The van der Waals surface area contributed by atoms with Crippen LogP contribution in [0, 0.1) is 3.57 Å². The van der Waals surface area contributed by atoms with E-state index in [9.17, 15) is 14.7 Å². The van der Waals surface area contributed by atoms with Crippen LogP contribution in [0.25, 0.3) is 6.08 Å². The maximum absolute atomic E-state index is 11.0. The van der Waals surface area contributed by atoms with Gasteiger partial charge in [-0.05, 0) is 53.3 Å². The second-order valence-corrected chi connectivity index (χ2v) is 4.99. The molecule has 0 saturated carbocycles. The van der Waals surface area contributed by atoms with Gasteiger partial charge in [0.25, 0.3) is 0 Å². The monoisotopic (exact) mass is 391 g/mol. The number of halogens is 1. The fourth-order valence-corrected chi connectivity index (χ4v) is 2.08. The summed E-state index contributed by atoms with van der Waals surface area (Å²) in [7, 11) is 0. The van der Waals surface area contributed by atoms with Crippen molar-refractivity contribution in [3.8, 4) is 11.5 Å². The number of amides is 1. The molecule has 1 aromatic rings. The van der Waals surface area contributed by atoms with Crippen molar-refractivity contribution in [3.63, 3.8) is 0 Å². The molecular formula is C13H14INO5. The summed E-state index contributed by atoms with van der Waals surface area (Å²) in [6.07, 6.45) is 1.30. The van der Waals surface area contributed by atoms with Gasteiger partial charge >= 0.3 is 5.97 Å². The molecule has 7 heteroatoms. The van der Waals surface area contributed by atoms with Crippen LogP contribution in [0.4, 0.5) is 0 Å². The van der Waals surface area contributed by atoms with Gasteiger partial charge in [0.1, 0.15) is 5.70 Å². The molecule has 0 heterocycles. The van der Waals surface area contributed by atoms with E-state index in [-0.39, 0.29) is 17.2 Å². The van der Waals surface area contributed by atoms with Crippen LogP contribution >= 0.6 is 22.6 Å². The normalized spacial score (nSPS) is 11.1. The molecule has 0 atom stereocenters. The first-order chi connectivity index (χ1) is 9.35. The van der Waals surface area contributed by atoms with E-state index >= 15 is 0 Å². The lowest BCUT2D eigenvalue weighted by Crippen LogP contribution is -2.24. The number of phenols is 1. The molecule has 0 aromatic heterocycles. The highest BCUT2D eigenvalue weighted by atomic mass is 127. The molecule has 0 aliphatic rings. The molecule has 1 aromatic carbocycles. The Hall–Kier alpha value is -1.77. The van der Waals surface area contributed by atoms with Crippen LogP contribution in [-0.2, 0) is 9.59 Å². The zero-order valence-corrected chi connectivity index (χ0v) is 13.1. The lowest BCUT2D eigenvalue weighted by Gasteiger charge is -2.09. The molecule has 0 aliphatic heterocycles. The number of ether oxygens (including phenoxy) is 1. The van der Waals surface area contributed by atoms with Crippen molar-refractivity contribution in [1.29, 1.82) is 0 Å². The summed E-state index contributed by atoms with van der Waals surface area (Å²) < 4.78 is 5.78. The predicted octanol–water partition coefficient (Wildman–Crippen LogP) is 1.96. The molecule has 6 nitrogen and oxygen atoms in total. The van der Waals surface area contributed by atoms with Gasteiger partial charge in [0.2, 0.25) is 5.91 Å². The fourth-order valence-electron chi connectivity index (χ4n) is 1.45. The number of phenolic OH excluding ortho intramolecular Hbond substituents is 1. The van der Waals surface area contributed by atoms with Gasteiger partial charge in [0.05, 0.1) is 10.2 Å². The lowest BCUT2D eigenvalue weighted by atomic mass is 10.1. The van der Waals surface area contributed by atoms with Crippen molar-refractivity contribution in [2.24, 2.45) is 0 Å². The maximum Gasteiger partial charge on any atom is 0.352 e. The Morgan fingerprint density at radius 1 is 1.45 bits per heavy atom. The number of rotatable bonds is 5. The average molecular weight is 391 g/mol. The molecule has 0 aliphatic carbocycles. The van der Waals surface area contributed by atoms with Crippen molar-refractivity contribution >= 4 is 40.5 Å². The zero-order valence-electron chi connectivity index (χ0n) is 10.9. The Balaban J connectivity index is 3.23. The van der Waals surface area contributed by atoms with Crippen LogP contribution in [0.5, 0.6) is 11.5 Å². The van der Waals surface area contributed by atoms with Crippen LogP contribution in [0.1, 0.15) is 19.4 Å². The minimum absolute atomic E-state index is 0.000928. The standard InChI is InChI=1S/C13H14INO5/c1-3-20-11-6-8(4-9(14)12(11)17)5-10(13(18)19)15-7(2)16/h4-6,17H,3H2,1-2H3,(H,15,16)(H,18,19). The number of carbonyl (C=O) groups excluding carboxylic acids is 1. The maximum atomic E-state index is 11.0. The molecule has 108 valence electrons. The number of benzene rings is 1. The van der Waals surface area contributed by atoms with Crippen LogP contribution in [0.15, 0.2) is 17.8 Å². The molecule has 20 heavy (non-hydrogen) atoms. The van der Waals surface area contributed by atoms with Gasteiger partial charge in [-0.3, -0.25) is 4.79 Å². The van der Waals surface area contributed by atoms with Gasteiger partial charge in [0.15, 0.2) is 11.5 Å². The zero-order chi connectivity index (χ0) is 15.3. The number of aromatic hydroxyl groups is 1. The SMILES string of the molecule is CCOc1cc(C=C(NC(C)=O)C(=O)O)cc(I)c1O.